The summed E-state index contributed by atoms with van der Waals surface area (Å²) in [4.78, 5) is 0. The van der Waals surface area contributed by atoms with E-state index in [1.54, 1.807) is 6.26 Å². The molecule has 0 aliphatic heterocycles. The maximum atomic E-state index is 5.67. The van der Waals surface area contributed by atoms with E-state index < -0.39 is 0 Å². The second-order valence-corrected chi connectivity index (χ2v) is 5.10. The molecule has 0 fully saturated rings. The molecule has 92 valence electrons. The van der Waals surface area contributed by atoms with Gasteiger partial charge in [0.15, 0.2) is 0 Å². The zero-order chi connectivity index (χ0) is 12.8. The number of rotatable bonds is 1. The average molecular weight is 246 g/mol. The minimum absolute atomic E-state index is 1.00. The van der Waals surface area contributed by atoms with Crippen molar-refractivity contribution in [2.75, 3.05) is 0 Å². The highest BCUT2D eigenvalue weighted by Gasteiger charge is 2.22. The molecule has 0 unspecified atom stereocenters. The predicted octanol–water partition coefficient (Wildman–Crippen LogP) is 4.83. The molecule has 0 bridgehead atoms. The molecule has 1 aliphatic rings. The van der Waals surface area contributed by atoms with Gasteiger partial charge in [0.2, 0.25) is 0 Å². The Bertz CT molecular complexity index is 765. The number of hydrogen-bond donors (Lipinski definition) is 0. The van der Waals surface area contributed by atoms with Gasteiger partial charge in [-0.15, -0.1) is 0 Å². The van der Waals surface area contributed by atoms with Crippen molar-refractivity contribution in [3.63, 3.8) is 0 Å². The molecule has 19 heavy (non-hydrogen) atoms. The summed E-state index contributed by atoms with van der Waals surface area (Å²) in [5.74, 6) is 1.00. The van der Waals surface area contributed by atoms with Crippen molar-refractivity contribution >= 4 is 0 Å². The molecule has 0 atom stereocenters. The Morgan fingerprint density at radius 3 is 2.47 bits per heavy atom. The molecule has 1 nitrogen and oxygen atoms in total. The predicted molar refractivity (Wildman–Crippen MR) is 77.1 cm³/mol. The number of aryl methyl sites for hydroxylation is 1. The Balaban J connectivity index is 1.97. The average Bonchev–Trinajstić information content (AvgIpc) is 3.02. The van der Waals surface area contributed by atoms with Crippen LogP contribution in [0.15, 0.2) is 59.2 Å². The van der Waals surface area contributed by atoms with Crippen LogP contribution < -0.4 is 0 Å². The van der Waals surface area contributed by atoms with Gasteiger partial charge in [0.25, 0.3) is 0 Å². The van der Waals surface area contributed by atoms with E-state index in [9.17, 15) is 0 Å². The fourth-order valence-electron chi connectivity index (χ4n) is 3.02. The largest absolute Gasteiger partial charge is 0.464 e. The van der Waals surface area contributed by atoms with Crippen molar-refractivity contribution in [3.8, 4) is 22.5 Å². The molecule has 4 rings (SSSR count). The van der Waals surface area contributed by atoms with Crippen LogP contribution in [0.1, 0.15) is 16.7 Å². The van der Waals surface area contributed by atoms with Gasteiger partial charge in [0, 0.05) is 5.56 Å². The monoisotopic (exact) mass is 246 g/mol. The minimum Gasteiger partial charge on any atom is -0.464 e. The Morgan fingerprint density at radius 2 is 1.63 bits per heavy atom. The first-order valence-corrected chi connectivity index (χ1v) is 6.59. The Labute approximate surface area is 112 Å². The first-order valence-electron chi connectivity index (χ1n) is 6.59. The summed E-state index contributed by atoms with van der Waals surface area (Å²) >= 11 is 0. The Hall–Kier alpha value is -2.28. The summed E-state index contributed by atoms with van der Waals surface area (Å²) in [5, 5.41) is 0. The van der Waals surface area contributed by atoms with Crippen LogP contribution in [0.3, 0.4) is 0 Å². The van der Waals surface area contributed by atoms with E-state index in [1.807, 2.05) is 6.07 Å². The quantitative estimate of drug-likeness (QED) is 0.469. The summed E-state index contributed by atoms with van der Waals surface area (Å²) < 4.78 is 5.67. The first-order chi connectivity index (χ1) is 9.34. The van der Waals surface area contributed by atoms with Gasteiger partial charge in [-0.25, -0.2) is 0 Å². The molecular formula is C18H14O. The molecule has 0 radical (unpaired) electrons. The van der Waals surface area contributed by atoms with E-state index in [4.69, 9.17) is 4.42 Å². The number of hydrogen-bond acceptors (Lipinski definition) is 1. The zero-order valence-electron chi connectivity index (χ0n) is 10.8. The van der Waals surface area contributed by atoms with Crippen LogP contribution in [0.2, 0.25) is 0 Å². The van der Waals surface area contributed by atoms with Gasteiger partial charge in [0.1, 0.15) is 5.76 Å². The second-order valence-electron chi connectivity index (χ2n) is 5.10. The fraction of sp³-hybridized carbons (Fsp3) is 0.111. The van der Waals surface area contributed by atoms with Crippen LogP contribution in [0.5, 0.6) is 0 Å². The van der Waals surface area contributed by atoms with E-state index in [0.29, 0.717) is 0 Å². The third-order valence-electron chi connectivity index (χ3n) is 3.96. The molecule has 1 aromatic heterocycles. The van der Waals surface area contributed by atoms with E-state index in [1.165, 1.54) is 33.4 Å². The van der Waals surface area contributed by atoms with Gasteiger partial charge >= 0.3 is 0 Å². The molecule has 0 saturated heterocycles. The third-order valence-corrected chi connectivity index (χ3v) is 3.96. The van der Waals surface area contributed by atoms with E-state index in [0.717, 1.165) is 12.2 Å². The lowest BCUT2D eigenvalue weighted by molar-refractivity contribution is 0.580. The lowest BCUT2D eigenvalue weighted by atomic mass is 9.98. The SMILES string of the molecule is Cc1ccoc1-c1cccc2c1Cc1ccccc1-2. The van der Waals surface area contributed by atoms with Crippen molar-refractivity contribution in [2.45, 2.75) is 13.3 Å². The van der Waals surface area contributed by atoms with Crippen LogP contribution in [-0.2, 0) is 6.42 Å². The Morgan fingerprint density at radius 1 is 0.842 bits per heavy atom. The highest BCUT2D eigenvalue weighted by Crippen LogP contribution is 2.42. The normalized spacial score (nSPS) is 12.3. The molecule has 2 aromatic carbocycles. The van der Waals surface area contributed by atoms with Crippen LogP contribution >= 0.6 is 0 Å². The molecule has 0 N–H and O–H groups in total. The lowest BCUT2D eigenvalue weighted by Gasteiger charge is -2.07. The van der Waals surface area contributed by atoms with Crippen LogP contribution in [0.4, 0.5) is 0 Å². The highest BCUT2D eigenvalue weighted by molar-refractivity contribution is 5.84. The summed E-state index contributed by atoms with van der Waals surface area (Å²) in [6, 6.07) is 17.2. The maximum absolute atomic E-state index is 5.67. The molecule has 0 spiro atoms. The smallest absolute Gasteiger partial charge is 0.137 e. The summed E-state index contributed by atoms with van der Waals surface area (Å²) in [6.45, 7) is 2.10. The molecule has 1 heteroatoms. The highest BCUT2D eigenvalue weighted by atomic mass is 16.3. The third kappa shape index (κ3) is 1.48. The number of furan rings is 1. The lowest BCUT2D eigenvalue weighted by Crippen LogP contribution is -1.87. The zero-order valence-corrected chi connectivity index (χ0v) is 10.8. The van der Waals surface area contributed by atoms with Crippen molar-refractivity contribution in [1.82, 2.24) is 0 Å². The van der Waals surface area contributed by atoms with Gasteiger partial charge in [-0.2, -0.15) is 0 Å². The van der Waals surface area contributed by atoms with Crippen LogP contribution in [0, 0.1) is 6.92 Å². The van der Waals surface area contributed by atoms with E-state index in [2.05, 4.69) is 49.4 Å². The molecular weight excluding hydrogens is 232 g/mol. The maximum Gasteiger partial charge on any atom is 0.137 e. The van der Waals surface area contributed by atoms with E-state index >= 15 is 0 Å². The van der Waals surface area contributed by atoms with E-state index in [-0.39, 0.29) is 0 Å². The minimum atomic E-state index is 1.00. The van der Waals surface area contributed by atoms with Crippen LogP contribution in [-0.4, -0.2) is 0 Å². The number of benzene rings is 2. The molecule has 0 amide bonds. The summed E-state index contributed by atoms with van der Waals surface area (Å²) in [6.07, 6.45) is 2.77. The molecule has 1 heterocycles. The van der Waals surface area contributed by atoms with Gasteiger partial charge in [0.05, 0.1) is 6.26 Å². The van der Waals surface area contributed by atoms with Crippen molar-refractivity contribution in [1.29, 1.82) is 0 Å². The summed E-state index contributed by atoms with van der Waals surface area (Å²) in [7, 11) is 0. The van der Waals surface area contributed by atoms with Gasteiger partial charge in [-0.05, 0) is 47.2 Å². The first kappa shape index (κ1) is 10.6. The molecule has 0 saturated carbocycles. The fourth-order valence-corrected chi connectivity index (χ4v) is 3.02. The second kappa shape index (κ2) is 3.86. The summed E-state index contributed by atoms with van der Waals surface area (Å²) in [5.41, 5.74) is 7.95. The standard InChI is InChI=1S/C18H14O/c1-12-9-10-19-18(12)16-8-4-7-15-14-6-3-2-5-13(14)11-17(15)16/h2-10H,11H2,1H3. The molecule has 3 aromatic rings. The topological polar surface area (TPSA) is 13.1 Å². The van der Waals surface area contributed by atoms with Crippen molar-refractivity contribution in [2.24, 2.45) is 0 Å². The van der Waals surface area contributed by atoms with Crippen molar-refractivity contribution < 1.29 is 4.42 Å². The van der Waals surface area contributed by atoms with Gasteiger partial charge in [-0.3, -0.25) is 0 Å². The molecule has 1 aliphatic carbocycles. The van der Waals surface area contributed by atoms with Gasteiger partial charge < -0.3 is 4.42 Å². The van der Waals surface area contributed by atoms with Gasteiger partial charge in [-0.1, -0.05) is 42.5 Å². The number of fused-ring (bicyclic) bond motifs is 3. The van der Waals surface area contributed by atoms with Crippen LogP contribution in [0.25, 0.3) is 22.5 Å². The van der Waals surface area contributed by atoms with Crippen molar-refractivity contribution in [3.05, 3.63) is 71.5 Å². The Kier molecular flexibility index (Phi) is 2.16.